The molecule has 0 aromatic carbocycles. The van der Waals surface area contributed by atoms with E-state index < -0.39 is 23.5 Å². The zero-order chi connectivity index (χ0) is 10.9. The molecule has 0 aliphatic carbocycles. The van der Waals surface area contributed by atoms with Gasteiger partial charge in [0.15, 0.2) is 0 Å². The molecule has 0 saturated carbocycles. The Labute approximate surface area is 83.3 Å². The maximum absolute atomic E-state index is 12.3. The van der Waals surface area contributed by atoms with Crippen molar-refractivity contribution in [3.8, 4) is 0 Å². The topological polar surface area (TPSA) is 33.1 Å². The normalized spacial score (nSPS) is 14.1. The molecule has 0 saturated heterocycles. The van der Waals surface area contributed by atoms with E-state index in [-0.39, 0.29) is 5.15 Å². The van der Waals surface area contributed by atoms with Gasteiger partial charge in [0.25, 0.3) is 0 Å². The number of aliphatic hydroxyl groups excluding tert-OH is 1. The molecule has 1 aromatic rings. The lowest BCUT2D eigenvalue weighted by molar-refractivity contribution is -0.139. The van der Waals surface area contributed by atoms with E-state index in [0.717, 1.165) is 12.1 Å². The number of aromatic nitrogens is 1. The van der Waals surface area contributed by atoms with Crippen LogP contribution in [0, 0.1) is 0 Å². The van der Waals surface area contributed by atoms with Crippen LogP contribution in [0.15, 0.2) is 12.1 Å². The molecule has 2 nitrogen and oxygen atoms in total. The number of halogens is 4. The van der Waals surface area contributed by atoms with Crippen molar-refractivity contribution in [2.75, 3.05) is 0 Å². The molecular formula is C8H7ClF3NO. The number of hydrogen-bond donors (Lipinski definition) is 1. The molecule has 0 unspecified atom stereocenters. The van der Waals surface area contributed by atoms with Crippen molar-refractivity contribution in [3.63, 3.8) is 0 Å². The van der Waals surface area contributed by atoms with Gasteiger partial charge in [0.2, 0.25) is 0 Å². The molecule has 0 radical (unpaired) electrons. The number of aliphatic hydroxyl groups is 1. The lowest BCUT2D eigenvalue weighted by Crippen LogP contribution is -2.12. The van der Waals surface area contributed by atoms with Gasteiger partial charge in [-0.3, -0.25) is 0 Å². The average molecular weight is 226 g/mol. The minimum Gasteiger partial charge on any atom is -0.387 e. The summed E-state index contributed by atoms with van der Waals surface area (Å²) in [5, 5.41) is 9.00. The highest BCUT2D eigenvalue weighted by Gasteiger charge is 2.35. The molecule has 0 aliphatic heterocycles. The molecule has 0 bridgehead atoms. The summed E-state index contributed by atoms with van der Waals surface area (Å²) in [6, 6.07) is 1.84. The Morgan fingerprint density at radius 1 is 1.43 bits per heavy atom. The molecule has 1 heterocycles. The standard InChI is InChI=1S/C8H7ClF3NO/c1-4(14)7-5(8(10,11)12)2-3-6(9)13-7/h2-4,14H,1H3/t4-/m1/s1. The Kier molecular flexibility index (Phi) is 3.01. The summed E-state index contributed by atoms with van der Waals surface area (Å²) < 4.78 is 37.0. The second kappa shape index (κ2) is 3.74. The van der Waals surface area contributed by atoms with Crippen molar-refractivity contribution in [1.82, 2.24) is 4.98 Å². The van der Waals surface area contributed by atoms with Gasteiger partial charge in [0, 0.05) is 0 Å². The highest BCUT2D eigenvalue weighted by molar-refractivity contribution is 6.29. The van der Waals surface area contributed by atoms with Crippen molar-refractivity contribution >= 4 is 11.6 Å². The van der Waals surface area contributed by atoms with Gasteiger partial charge in [-0.15, -0.1) is 0 Å². The number of nitrogens with zero attached hydrogens (tertiary/aromatic N) is 1. The molecule has 0 fully saturated rings. The Bertz CT molecular complexity index is 338. The van der Waals surface area contributed by atoms with Crippen molar-refractivity contribution < 1.29 is 18.3 Å². The van der Waals surface area contributed by atoms with Gasteiger partial charge >= 0.3 is 6.18 Å². The highest BCUT2D eigenvalue weighted by atomic mass is 35.5. The van der Waals surface area contributed by atoms with Gasteiger partial charge in [-0.2, -0.15) is 13.2 Å². The highest BCUT2D eigenvalue weighted by Crippen LogP contribution is 2.34. The minimum absolute atomic E-state index is 0.0751. The number of hydrogen-bond acceptors (Lipinski definition) is 2. The van der Waals surface area contributed by atoms with E-state index in [4.69, 9.17) is 16.7 Å². The predicted octanol–water partition coefficient (Wildman–Crippen LogP) is 2.81. The molecule has 1 atom stereocenters. The largest absolute Gasteiger partial charge is 0.418 e. The Morgan fingerprint density at radius 2 is 2.00 bits per heavy atom. The van der Waals surface area contributed by atoms with Crippen LogP contribution >= 0.6 is 11.6 Å². The predicted molar refractivity (Wildman–Crippen MR) is 44.9 cm³/mol. The SMILES string of the molecule is C[C@@H](O)c1nc(Cl)ccc1C(F)(F)F. The lowest BCUT2D eigenvalue weighted by atomic mass is 10.1. The van der Waals surface area contributed by atoms with E-state index in [1.54, 1.807) is 0 Å². The van der Waals surface area contributed by atoms with Crippen LogP contribution in [-0.2, 0) is 6.18 Å². The number of alkyl halides is 3. The summed E-state index contributed by atoms with van der Waals surface area (Å²) in [5.41, 5.74) is -1.41. The first-order valence-corrected chi connectivity index (χ1v) is 4.12. The van der Waals surface area contributed by atoms with Crippen LogP contribution in [0.5, 0.6) is 0 Å². The summed E-state index contributed by atoms with van der Waals surface area (Å²) in [6.45, 7) is 1.20. The van der Waals surface area contributed by atoms with Crippen molar-refractivity contribution in [2.24, 2.45) is 0 Å². The first-order chi connectivity index (χ1) is 6.32. The second-order valence-corrected chi connectivity index (χ2v) is 3.13. The van der Waals surface area contributed by atoms with Gasteiger partial charge in [0.1, 0.15) is 5.15 Å². The van der Waals surface area contributed by atoms with E-state index >= 15 is 0 Å². The van der Waals surface area contributed by atoms with Crippen molar-refractivity contribution in [2.45, 2.75) is 19.2 Å². The monoisotopic (exact) mass is 225 g/mol. The molecule has 0 amide bonds. The third-order valence-electron chi connectivity index (χ3n) is 1.59. The van der Waals surface area contributed by atoms with Crippen LogP contribution in [0.25, 0.3) is 0 Å². The number of pyridine rings is 1. The molecule has 1 aromatic heterocycles. The summed E-state index contributed by atoms with van der Waals surface area (Å²) in [4.78, 5) is 3.43. The van der Waals surface area contributed by atoms with Crippen LogP contribution in [0.2, 0.25) is 5.15 Å². The molecule has 6 heteroatoms. The maximum atomic E-state index is 12.3. The van der Waals surface area contributed by atoms with Gasteiger partial charge in [0.05, 0.1) is 17.4 Å². The third kappa shape index (κ3) is 2.36. The quantitative estimate of drug-likeness (QED) is 0.746. The van der Waals surface area contributed by atoms with E-state index in [9.17, 15) is 13.2 Å². The average Bonchev–Trinajstić information content (AvgIpc) is 2.01. The third-order valence-corrected chi connectivity index (χ3v) is 1.80. The maximum Gasteiger partial charge on any atom is 0.418 e. The first-order valence-electron chi connectivity index (χ1n) is 3.74. The first kappa shape index (κ1) is 11.3. The van der Waals surface area contributed by atoms with E-state index in [1.165, 1.54) is 6.92 Å². The molecule has 1 rings (SSSR count). The van der Waals surface area contributed by atoms with Gasteiger partial charge < -0.3 is 5.11 Å². The Hall–Kier alpha value is -0.810. The molecule has 0 aliphatic rings. The lowest BCUT2D eigenvalue weighted by Gasteiger charge is -2.13. The summed E-state index contributed by atoms with van der Waals surface area (Å²) >= 11 is 5.42. The second-order valence-electron chi connectivity index (χ2n) is 2.74. The zero-order valence-corrected chi connectivity index (χ0v) is 7.89. The van der Waals surface area contributed by atoms with Crippen LogP contribution < -0.4 is 0 Å². The smallest absolute Gasteiger partial charge is 0.387 e. The Morgan fingerprint density at radius 3 is 2.43 bits per heavy atom. The minimum atomic E-state index is -4.52. The molecule has 14 heavy (non-hydrogen) atoms. The molecule has 1 N–H and O–H groups in total. The van der Waals surface area contributed by atoms with Gasteiger partial charge in [-0.1, -0.05) is 11.6 Å². The van der Waals surface area contributed by atoms with E-state index in [0.29, 0.717) is 0 Å². The van der Waals surface area contributed by atoms with Crippen molar-refractivity contribution in [3.05, 3.63) is 28.5 Å². The van der Waals surface area contributed by atoms with E-state index in [1.807, 2.05) is 0 Å². The molecule has 0 spiro atoms. The van der Waals surface area contributed by atoms with Crippen LogP contribution in [0.3, 0.4) is 0 Å². The molecular weight excluding hydrogens is 219 g/mol. The summed E-state index contributed by atoms with van der Waals surface area (Å²) in [7, 11) is 0. The van der Waals surface area contributed by atoms with Crippen LogP contribution in [-0.4, -0.2) is 10.1 Å². The van der Waals surface area contributed by atoms with E-state index in [2.05, 4.69) is 4.98 Å². The fourth-order valence-electron chi connectivity index (χ4n) is 1.01. The molecule has 78 valence electrons. The van der Waals surface area contributed by atoms with Gasteiger partial charge in [-0.05, 0) is 19.1 Å². The zero-order valence-electron chi connectivity index (χ0n) is 7.14. The fraction of sp³-hybridized carbons (Fsp3) is 0.375. The fourth-order valence-corrected chi connectivity index (χ4v) is 1.16. The van der Waals surface area contributed by atoms with Crippen LogP contribution in [0.4, 0.5) is 13.2 Å². The summed E-state index contributed by atoms with van der Waals surface area (Å²) in [5.74, 6) is 0. The Balaban J connectivity index is 3.29. The van der Waals surface area contributed by atoms with Crippen LogP contribution in [0.1, 0.15) is 24.3 Å². The number of rotatable bonds is 1. The summed E-state index contributed by atoms with van der Waals surface area (Å²) in [6.07, 6.45) is -5.82. The van der Waals surface area contributed by atoms with Crippen molar-refractivity contribution in [1.29, 1.82) is 0 Å². The van der Waals surface area contributed by atoms with Gasteiger partial charge in [-0.25, -0.2) is 4.98 Å².